The number of ether oxygens (including phenoxy) is 1. The summed E-state index contributed by atoms with van der Waals surface area (Å²) in [5.74, 6) is 0. The summed E-state index contributed by atoms with van der Waals surface area (Å²) < 4.78 is 7.03. The maximum absolute atomic E-state index is 5.26. The van der Waals surface area contributed by atoms with Crippen LogP contribution in [0.1, 0.15) is 19.0 Å². The first-order valence-electron chi connectivity index (χ1n) is 6.60. The molecule has 1 atom stereocenters. The van der Waals surface area contributed by atoms with Gasteiger partial charge in [0.15, 0.2) is 5.65 Å². The Labute approximate surface area is 113 Å². The van der Waals surface area contributed by atoms with Gasteiger partial charge in [-0.1, -0.05) is 6.92 Å². The molecule has 0 radical (unpaired) electrons. The van der Waals surface area contributed by atoms with Gasteiger partial charge in [-0.25, -0.2) is 9.97 Å². The minimum atomic E-state index is 0.267. The summed E-state index contributed by atoms with van der Waals surface area (Å²) >= 11 is 0. The molecule has 0 amide bonds. The molecule has 0 aromatic carbocycles. The highest BCUT2D eigenvalue weighted by Gasteiger charge is 2.14. The zero-order valence-electron chi connectivity index (χ0n) is 11.8. The molecule has 0 aliphatic rings. The summed E-state index contributed by atoms with van der Waals surface area (Å²) in [6.45, 7) is 3.81. The number of aromatic nitrogens is 4. The Balaban J connectivity index is 2.18. The highest BCUT2D eigenvalue weighted by molar-refractivity contribution is 5.76. The molecule has 2 aromatic heterocycles. The predicted molar refractivity (Wildman–Crippen MR) is 74.0 cm³/mol. The molecule has 0 bridgehead atoms. The van der Waals surface area contributed by atoms with Gasteiger partial charge in [0, 0.05) is 26.6 Å². The fourth-order valence-corrected chi connectivity index (χ4v) is 2.15. The Morgan fingerprint density at radius 3 is 3.00 bits per heavy atom. The summed E-state index contributed by atoms with van der Waals surface area (Å²) in [4.78, 5) is 8.64. The van der Waals surface area contributed by atoms with Crippen molar-refractivity contribution in [1.29, 1.82) is 0 Å². The van der Waals surface area contributed by atoms with E-state index in [0.29, 0.717) is 6.61 Å². The minimum absolute atomic E-state index is 0.267. The van der Waals surface area contributed by atoms with Crippen molar-refractivity contribution in [3.63, 3.8) is 0 Å². The van der Waals surface area contributed by atoms with Crippen LogP contribution in [0.15, 0.2) is 12.5 Å². The summed E-state index contributed by atoms with van der Waals surface area (Å²) in [6.07, 6.45) is 5.35. The zero-order chi connectivity index (χ0) is 13.7. The van der Waals surface area contributed by atoms with Crippen molar-refractivity contribution in [2.45, 2.75) is 25.8 Å². The molecule has 0 spiro atoms. The lowest BCUT2D eigenvalue weighted by atomic mass is 10.1. The second-order valence-electron chi connectivity index (χ2n) is 4.64. The van der Waals surface area contributed by atoms with Crippen LogP contribution in [0.2, 0.25) is 0 Å². The predicted octanol–water partition coefficient (Wildman–Crippen LogP) is 0.920. The Morgan fingerprint density at radius 2 is 2.26 bits per heavy atom. The van der Waals surface area contributed by atoms with Crippen LogP contribution in [0.3, 0.4) is 0 Å². The van der Waals surface area contributed by atoms with Gasteiger partial charge < -0.3 is 10.1 Å². The van der Waals surface area contributed by atoms with Crippen LogP contribution >= 0.6 is 0 Å². The van der Waals surface area contributed by atoms with Crippen LogP contribution in [0, 0.1) is 0 Å². The number of nitrogens with one attached hydrogen (secondary N) is 1. The molecule has 0 aliphatic heterocycles. The number of hydrogen-bond acceptors (Lipinski definition) is 5. The van der Waals surface area contributed by atoms with Crippen molar-refractivity contribution in [3.05, 3.63) is 18.2 Å². The van der Waals surface area contributed by atoms with E-state index < -0.39 is 0 Å². The van der Waals surface area contributed by atoms with Gasteiger partial charge in [-0.3, -0.25) is 4.68 Å². The molecule has 1 N–H and O–H groups in total. The Bertz CT molecular complexity index is 525. The molecule has 2 aromatic rings. The first kappa shape index (κ1) is 13.9. The van der Waals surface area contributed by atoms with Gasteiger partial charge in [0.05, 0.1) is 23.9 Å². The second kappa shape index (κ2) is 6.58. The molecular formula is C13H21N5O. The highest BCUT2D eigenvalue weighted by atomic mass is 16.5. The standard InChI is InChI=1S/C13H21N5O/c1-4-5-14-10(8-19-3)6-12-11-7-17-18(2)13(11)16-9-15-12/h7,9-10,14H,4-6,8H2,1-3H3. The number of nitrogens with zero attached hydrogens (tertiary/aromatic N) is 4. The van der Waals surface area contributed by atoms with Crippen molar-refractivity contribution >= 4 is 11.0 Å². The summed E-state index contributed by atoms with van der Waals surface area (Å²) in [5.41, 5.74) is 1.89. The summed E-state index contributed by atoms with van der Waals surface area (Å²) in [5, 5.41) is 8.73. The quantitative estimate of drug-likeness (QED) is 0.804. The monoisotopic (exact) mass is 263 g/mol. The van der Waals surface area contributed by atoms with Crippen LogP contribution in [-0.2, 0) is 18.2 Å². The van der Waals surface area contributed by atoms with Crippen molar-refractivity contribution in [2.75, 3.05) is 20.3 Å². The highest BCUT2D eigenvalue weighted by Crippen LogP contribution is 2.14. The molecule has 104 valence electrons. The van der Waals surface area contributed by atoms with Crippen molar-refractivity contribution in [2.24, 2.45) is 7.05 Å². The Kier molecular flexibility index (Phi) is 4.81. The molecule has 0 fully saturated rings. The molecule has 1 unspecified atom stereocenters. The average molecular weight is 263 g/mol. The third-order valence-electron chi connectivity index (χ3n) is 3.10. The van der Waals surface area contributed by atoms with Crippen LogP contribution < -0.4 is 5.32 Å². The SMILES string of the molecule is CCCNC(COC)Cc1ncnc2c1cnn2C. The van der Waals surface area contributed by atoms with E-state index in [0.717, 1.165) is 36.1 Å². The topological polar surface area (TPSA) is 64.9 Å². The Hall–Kier alpha value is -1.53. The van der Waals surface area contributed by atoms with Crippen LogP contribution in [0.25, 0.3) is 11.0 Å². The minimum Gasteiger partial charge on any atom is -0.383 e. The number of hydrogen-bond donors (Lipinski definition) is 1. The fourth-order valence-electron chi connectivity index (χ4n) is 2.15. The zero-order valence-corrected chi connectivity index (χ0v) is 11.8. The first-order chi connectivity index (χ1) is 9.26. The third kappa shape index (κ3) is 3.27. The molecule has 0 saturated heterocycles. The summed E-state index contributed by atoms with van der Waals surface area (Å²) in [6, 6.07) is 0.267. The van der Waals surface area contributed by atoms with Gasteiger partial charge in [-0.05, 0) is 13.0 Å². The lowest BCUT2D eigenvalue weighted by molar-refractivity contribution is 0.166. The maximum Gasteiger partial charge on any atom is 0.161 e. The third-order valence-corrected chi connectivity index (χ3v) is 3.10. The van der Waals surface area contributed by atoms with E-state index in [1.54, 1.807) is 18.1 Å². The molecule has 0 saturated carbocycles. The van der Waals surface area contributed by atoms with Gasteiger partial charge in [0.25, 0.3) is 0 Å². The van der Waals surface area contributed by atoms with Crippen molar-refractivity contribution < 1.29 is 4.74 Å². The van der Waals surface area contributed by atoms with E-state index in [9.17, 15) is 0 Å². The van der Waals surface area contributed by atoms with Gasteiger partial charge in [-0.2, -0.15) is 5.10 Å². The number of rotatable bonds is 7. The Morgan fingerprint density at radius 1 is 1.42 bits per heavy atom. The van der Waals surface area contributed by atoms with Crippen LogP contribution in [-0.4, -0.2) is 46.1 Å². The van der Waals surface area contributed by atoms with E-state index in [2.05, 4.69) is 27.3 Å². The number of fused-ring (bicyclic) bond motifs is 1. The lowest BCUT2D eigenvalue weighted by Crippen LogP contribution is -2.36. The van der Waals surface area contributed by atoms with Crippen LogP contribution in [0.4, 0.5) is 0 Å². The fraction of sp³-hybridized carbons (Fsp3) is 0.615. The molecule has 6 nitrogen and oxygen atoms in total. The first-order valence-corrected chi connectivity index (χ1v) is 6.60. The number of methoxy groups -OCH3 is 1. The van der Waals surface area contributed by atoms with Gasteiger partial charge in [-0.15, -0.1) is 0 Å². The van der Waals surface area contributed by atoms with Gasteiger partial charge in [0.2, 0.25) is 0 Å². The van der Waals surface area contributed by atoms with Crippen molar-refractivity contribution in [1.82, 2.24) is 25.1 Å². The molecule has 2 rings (SSSR count). The maximum atomic E-state index is 5.26. The number of aryl methyl sites for hydroxylation is 1. The van der Waals surface area contributed by atoms with E-state index in [4.69, 9.17) is 4.74 Å². The van der Waals surface area contributed by atoms with Gasteiger partial charge >= 0.3 is 0 Å². The van der Waals surface area contributed by atoms with E-state index in [1.165, 1.54) is 0 Å². The molecule has 0 aliphatic carbocycles. The van der Waals surface area contributed by atoms with E-state index in [-0.39, 0.29) is 6.04 Å². The van der Waals surface area contributed by atoms with E-state index in [1.807, 2.05) is 13.2 Å². The lowest BCUT2D eigenvalue weighted by Gasteiger charge is -2.17. The normalized spacial score (nSPS) is 13.0. The largest absolute Gasteiger partial charge is 0.383 e. The molecule has 6 heteroatoms. The van der Waals surface area contributed by atoms with Crippen molar-refractivity contribution in [3.8, 4) is 0 Å². The summed E-state index contributed by atoms with van der Waals surface area (Å²) in [7, 11) is 3.61. The molecular weight excluding hydrogens is 242 g/mol. The molecule has 2 heterocycles. The van der Waals surface area contributed by atoms with Gasteiger partial charge in [0.1, 0.15) is 6.33 Å². The smallest absolute Gasteiger partial charge is 0.161 e. The van der Waals surface area contributed by atoms with Crippen LogP contribution in [0.5, 0.6) is 0 Å². The van der Waals surface area contributed by atoms with E-state index >= 15 is 0 Å². The average Bonchev–Trinajstić information content (AvgIpc) is 2.79. The second-order valence-corrected chi connectivity index (χ2v) is 4.64. The molecule has 19 heavy (non-hydrogen) atoms.